The third-order valence-corrected chi connectivity index (χ3v) is 6.88. The van der Waals surface area contributed by atoms with Crippen LogP contribution >= 0.6 is 11.3 Å². The predicted octanol–water partition coefficient (Wildman–Crippen LogP) is 3.84. The van der Waals surface area contributed by atoms with Crippen LogP contribution < -0.4 is 0 Å². The Balaban J connectivity index is 1.69. The number of hydrogen-bond donors (Lipinski definition) is 0. The molecular formula is C18H17NO4S2. The summed E-state index contributed by atoms with van der Waals surface area (Å²) in [5.74, 6) is -0.507. The molecule has 0 saturated heterocycles. The normalized spacial score (nSPS) is 11.8. The summed E-state index contributed by atoms with van der Waals surface area (Å²) in [6, 6.07) is 13.5. The van der Waals surface area contributed by atoms with E-state index in [0.29, 0.717) is 10.6 Å². The minimum atomic E-state index is -3.35. The lowest BCUT2D eigenvalue weighted by molar-refractivity contribution is 0.0472. The SMILES string of the molecule is CC(C)S(=O)(=O)c1ccc(C(=O)OCc2nc3ccccc3s2)cc1. The first kappa shape index (κ1) is 17.6. The molecule has 0 aliphatic heterocycles. The Bertz CT molecular complexity index is 972. The average Bonchev–Trinajstić information content (AvgIpc) is 3.02. The molecule has 0 fully saturated rings. The zero-order valence-corrected chi connectivity index (χ0v) is 15.4. The van der Waals surface area contributed by atoms with E-state index in [2.05, 4.69) is 4.98 Å². The van der Waals surface area contributed by atoms with Gasteiger partial charge in [-0.1, -0.05) is 12.1 Å². The van der Waals surface area contributed by atoms with Gasteiger partial charge in [0.15, 0.2) is 9.84 Å². The highest BCUT2D eigenvalue weighted by atomic mass is 32.2. The Labute approximate surface area is 150 Å². The third-order valence-electron chi connectivity index (χ3n) is 3.70. The molecule has 0 aliphatic rings. The van der Waals surface area contributed by atoms with Crippen molar-refractivity contribution in [3.05, 3.63) is 59.1 Å². The second kappa shape index (κ2) is 6.93. The van der Waals surface area contributed by atoms with E-state index in [0.717, 1.165) is 10.2 Å². The molecule has 1 aromatic heterocycles. The van der Waals surface area contributed by atoms with Gasteiger partial charge in [-0.25, -0.2) is 18.2 Å². The number of rotatable bonds is 5. The third kappa shape index (κ3) is 3.72. The number of sulfone groups is 1. The minimum absolute atomic E-state index is 0.0875. The molecular weight excluding hydrogens is 358 g/mol. The number of ether oxygens (including phenoxy) is 1. The Morgan fingerprint density at radius 3 is 2.44 bits per heavy atom. The average molecular weight is 375 g/mol. The number of hydrogen-bond acceptors (Lipinski definition) is 6. The van der Waals surface area contributed by atoms with Crippen LogP contribution in [0, 0.1) is 0 Å². The van der Waals surface area contributed by atoms with Crippen LogP contribution in [-0.4, -0.2) is 24.6 Å². The van der Waals surface area contributed by atoms with E-state index in [9.17, 15) is 13.2 Å². The van der Waals surface area contributed by atoms with Gasteiger partial charge in [-0.15, -0.1) is 11.3 Å². The van der Waals surface area contributed by atoms with Crippen molar-refractivity contribution in [1.82, 2.24) is 4.98 Å². The van der Waals surface area contributed by atoms with Gasteiger partial charge in [0.1, 0.15) is 11.6 Å². The number of carbonyl (C=O) groups is 1. The number of para-hydroxylation sites is 1. The van der Waals surface area contributed by atoms with Gasteiger partial charge in [0.2, 0.25) is 0 Å². The molecule has 0 unspecified atom stereocenters. The van der Waals surface area contributed by atoms with Crippen LogP contribution in [-0.2, 0) is 21.2 Å². The quantitative estimate of drug-likeness (QED) is 0.634. The highest BCUT2D eigenvalue weighted by Gasteiger charge is 2.19. The summed E-state index contributed by atoms with van der Waals surface area (Å²) < 4.78 is 30.5. The molecule has 0 N–H and O–H groups in total. The second-order valence-corrected chi connectivity index (χ2v) is 9.39. The van der Waals surface area contributed by atoms with Crippen molar-refractivity contribution >= 4 is 37.4 Å². The van der Waals surface area contributed by atoms with Crippen molar-refractivity contribution < 1.29 is 17.9 Å². The number of fused-ring (bicyclic) bond motifs is 1. The summed E-state index contributed by atoms with van der Waals surface area (Å²) in [4.78, 5) is 16.7. The molecule has 0 bridgehead atoms. The smallest absolute Gasteiger partial charge is 0.338 e. The zero-order valence-electron chi connectivity index (χ0n) is 13.8. The number of esters is 1. The fraction of sp³-hybridized carbons (Fsp3) is 0.222. The number of nitrogens with zero attached hydrogens (tertiary/aromatic N) is 1. The molecule has 3 rings (SSSR count). The topological polar surface area (TPSA) is 73.3 Å². The monoisotopic (exact) mass is 375 g/mol. The van der Waals surface area contributed by atoms with Crippen LogP contribution in [0.15, 0.2) is 53.4 Å². The van der Waals surface area contributed by atoms with Crippen LogP contribution in [0.5, 0.6) is 0 Å². The van der Waals surface area contributed by atoms with E-state index < -0.39 is 21.1 Å². The van der Waals surface area contributed by atoms with E-state index >= 15 is 0 Å². The fourth-order valence-electron chi connectivity index (χ4n) is 2.25. The zero-order chi connectivity index (χ0) is 18.0. The number of aromatic nitrogens is 1. The largest absolute Gasteiger partial charge is 0.455 e. The summed E-state index contributed by atoms with van der Waals surface area (Å²) in [7, 11) is -3.35. The maximum Gasteiger partial charge on any atom is 0.338 e. The molecule has 0 spiro atoms. The van der Waals surface area contributed by atoms with Gasteiger partial charge >= 0.3 is 5.97 Å². The summed E-state index contributed by atoms with van der Waals surface area (Å²) in [5.41, 5.74) is 1.19. The maximum absolute atomic E-state index is 12.1. The molecule has 0 amide bonds. The lowest BCUT2D eigenvalue weighted by Gasteiger charge is -2.08. The van der Waals surface area contributed by atoms with E-state index in [1.54, 1.807) is 13.8 Å². The predicted molar refractivity (Wildman–Crippen MR) is 97.5 cm³/mol. The van der Waals surface area contributed by atoms with Gasteiger partial charge in [-0.2, -0.15) is 0 Å². The number of thiazole rings is 1. The van der Waals surface area contributed by atoms with Crippen LogP contribution in [0.4, 0.5) is 0 Å². The first-order chi connectivity index (χ1) is 11.9. The molecule has 0 aliphatic carbocycles. The summed E-state index contributed by atoms with van der Waals surface area (Å²) in [5, 5.41) is 0.206. The van der Waals surface area contributed by atoms with Gasteiger partial charge in [0, 0.05) is 0 Å². The van der Waals surface area contributed by atoms with E-state index in [-0.39, 0.29) is 11.5 Å². The molecule has 0 radical (unpaired) electrons. The molecule has 7 heteroatoms. The Morgan fingerprint density at radius 1 is 1.12 bits per heavy atom. The number of benzene rings is 2. The summed E-state index contributed by atoms with van der Waals surface area (Å²) in [6.45, 7) is 3.33. The maximum atomic E-state index is 12.1. The van der Waals surface area contributed by atoms with Gasteiger partial charge in [0.25, 0.3) is 0 Å². The van der Waals surface area contributed by atoms with Crippen molar-refractivity contribution in [2.45, 2.75) is 30.6 Å². The van der Waals surface area contributed by atoms with Gasteiger partial charge in [0.05, 0.1) is 25.9 Å². The van der Waals surface area contributed by atoms with E-state index in [4.69, 9.17) is 4.74 Å². The van der Waals surface area contributed by atoms with Crippen LogP contribution in [0.25, 0.3) is 10.2 Å². The Kier molecular flexibility index (Phi) is 4.87. The highest BCUT2D eigenvalue weighted by molar-refractivity contribution is 7.92. The summed E-state index contributed by atoms with van der Waals surface area (Å²) >= 11 is 1.48. The van der Waals surface area contributed by atoms with Crippen LogP contribution in [0.2, 0.25) is 0 Å². The molecule has 2 aromatic carbocycles. The minimum Gasteiger partial charge on any atom is -0.455 e. The molecule has 0 atom stereocenters. The Morgan fingerprint density at radius 2 is 1.80 bits per heavy atom. The molecule has 5 nitrogen and oxygen atoms in total. The Hall–Kier alpha value is -2.25. The summed E-state index contributed by atoms with van der Waals surface area (Å²) in [6.07, 6.45) is 0. The van der Waals surface area contributed by atoms with Crippen LogP contribution in [0.3, 0.4) is 0 Å². The van der Waals surface area contributed by atoms with Crippen molar-refractivity contribution in [2.24, 2.45) is 0 Å². The number of carbonyl (C=O) groups excluding carboxylic acids is 1. The molecule has 0 saturated carbocycles. The molecule has 1 heterocycles. The lowest BCUT2D eigenvalue weighted by Crippen LogP contribution is -2.14. The van der Waals surface area contributed by atoms with Crippen molar-refractivity contribution in [3.8, 4) is 0 Å². The lowest BCUT2D eigenvalue weighted by atomic mass is 10.2. The van der Waals surface area contributed by atoms with Crippen molar-refractivity contribution in [3.63, 3.8) is 0 Å². The first-order valence-corrected chi connectivity index (χ1v) is 10.1. The molecule has 3 aromatic rings. The van der Waals surface area contributed by atoms with E-state index in [1.165, 1.54) is 35.6 Å². The fourth-order valence-corrected chi connectivity index (χ4v) is 4.19. The first-order valence-electron chi connectivity index (χ1n) is 7.73. The van der Waals surface area contributed by atoms with Gasteiger partial charge in [-0.3, -0.25) is 0 Å². The molecule has 25 heavy (non-hydrogen) atoms. The highest BCUT2D eigenvalue weighted by Crippen LogP contribution is 2.22. The standard InChI is InChI=1S/C18H17NO4S2/c1-12(2)25(21,22)14-9-7-13(8-10-14)18(20)23-11-17-19-15-5-3-4-6-16(15)24-17/h3-10,12H,11H2,1-2H3. The van der Waals surface area contributed by atoms with Gasteiger partial charge in [-0.05, 0) is 50.2 Å². The molecule has 130 valence electrons. The van der Waals surface area contributed by atoms with Crippen LogP contribution in [0.1, 0.15) is 29.2 Å². The van der Waals surface area contributed by atoms with Gasteiger partial charge < -0.3 is 4.74 Å². The van der Waals surface area contributed by atoms with Crippen molar-refractivity contribution in [1.29, 1.82) is 0 Å². The van der Waals surface area contributed by atoms with E-state index in [1.807, 2.05) is 24.3 Å². The van der Waals surface area contributed by atoms with Crippen molar-refractivity contribution in [2.75, 3.05) is 0 Å². The second-order valence-electron chi connectivity index (χ2n) is 5.77.